The molecule has 0 bridgehead atoms. The quantitative estimate of drug-likeness (QED) is 0.288. The molecule has 2 atom stereocenters. The van der Waals surface area contributed by atoms with Gasteiger partial charge in [-0.1, -0.05) is 0 Å². The first kappa shape index (κ1) is 33.1. The number of hydrogen-bond acceptors (Lipinski definition) is 3. The zero-order valence-corrected chi connectivity index (χ0v) is 19.6. The van der Waals surface area contributed by atoms with Gasteiger partial charge in [0.2, 0.25) is 0 Å². The van der Waals surface area contributed by atoms with Crippen molar-refractivity contribution in [2.24, 2.45) is 0 Å². The summed E-state index contributed by atoms with van der Waals surface area (Å²) >= 11 is 0. The average Bonchev–Trinajstić information content (AvgIpc) is 3.21. The maximum absolute atomic E-state index is 11.5. The van der Waals surface area contributed by atoms with Crippen LogP contribution in [0.5, 0.6) is 0 Å². The Balaban J connectivity index is -0.000000366. The molecule has 29 heavy (non-hydrogen) atoms. The van der Waals surface area contributed by atoms with E-state index in [1.807, 2.05) is 30.3 Å². The Bertz CT molecular complexity index is 539. The number of aliphatic hydroxyl groups is 2. The summed E-state index contributed by atoms with van der Waals surface area (Å²) in [6.45, 7) is 1.05. The minimum atomic E-state index is -5.15. The molecule has 0 aromatic heterocycles. The fraction of sp³-hybridized carbons (Fsp3) is 0.444. The molecule has 2 rings (SSSR count). The third-order valence-electron chi connectivity index (χ3n) is 2.99. The van der Waals surface area contributed by atoms with E-state index in [9.17, 15) is 26.3 Å². The second kappa shape index (κ2) is 16.2. The van der Waals surface area contributed by atoms with Crippen LogP contribution in [0.1, 0.15) is 12.0 Å². The van der Waals surface area contributed by atoms with Crippen LogP contribution in [0.2, 0.25) is 0 Å². The standard InChI is InChI=1S/C8H12N.C5H6F6O2.C5H5.Pt.Ru/c1-9(2)7-8-5-3-4-6-8;6-4(7,8)2(12)1-3(13)5(9,10)11;1-2-4-5-3-1;;/h3-6H,7H2,1-2H3;2-3,12-13H,1H2;1-5H;;/q-1;;-5;+2;. The molecule has 0 aliphatic rings. The van der Waals surface area contributed by atoms with Crippen molar-refractivity contribution in [1.82, 2.24) is 4.90 Å². The number of nitrogens with zero attached hydrogens (tertiary/aromatic N) is 1. The van der Waals surface area contributed by atoms with Crippen LogP contribution in [0.15, 0.2) is 54.6 Å². The molecule has 0 saturated heterocycles. The van der Waals surface area contributed by atoms with Crippen molar-refractivity contribution in [3.05, 3.63) is 60.2 Å². The third-order valence-corrected chi connectivity index (χ3v) is 2.99. The van der Waals surface area contributed by atoms with Crippen molar-refractivity contribution in [2.75, 3.05) is 14.1 Å². The predicted molar refractivity (Wildman–Crippen MR) is 90.2 cm³/mol. The van der Waals surface area contributed by atoms with E-state index in [0.717, 1.165) is 6.54 Å². The Labute approximate surface area is 193 Å². The SMILES string of the molecule is CN(C)Cc1ccc[cH-]1.OC(CC(O)C(F)(F)F)C(F)(F)F.[Pt+2].[Ru].[cH-]1[cH-][cH-][cH-][cH-]1. The topological polar surface area (TPSA) is 43.7 Å². The molecule has 0 aliphatic heterocycles. The Morgan fingerprint density at radius 2 is 1.28 bits per heavy atom. The van der Waals surface area contributed by atoms with E-state index in [-0.39, 0.29) is 40.5 Å². The van der Waals surface area contributed by atoms with Gasteiger partial charge in [0, 0.05) is 25.9 Å². The Morgan fingerprint density at radius 1 is 0.897 bits per heavy atom. The zero-order chi connectivity index (χ0) is 21.1. The van der Waals surface area contributed by atoms with Gasteiger partial charge in [-0.25, -0.2) is 12.1 Å². The monoisotopic (exact) mass is 696 g/mol. The van der Waals surface area contributed by atoms with Crippen LogP contribution in [0.25, 0.3) is 0 Å². The van der Waals surface area contributed by atoms with E-state index in [1.165, 1.54) is 5.56 Å². The molecule has 0 saturated carbocycles. The second-order valence-electron chi connectivity index (χ2n) is 5.84. The molecule has 2 unspecified atom stereocenters. The molecule has 3 nitrogen and oxygen atoms in total. The number of halogens is 6. The van der Waals surface area contributed by atoms with Crippen LogP contribution >= 0.6 is 0 Å². The molecular weight excluding hydrogens is 672 g/mol. The van der Waals surface area contributed by atoms with E-state index in [2.05, 4.69) is 43.3 Å². The first-order chi connectivity index (χ1) is 12.3. The maximum Gasteiger partial charge on any atom is 2.00 e. The second-order valence-corrected chi connectivity index (χ2v) is 5.84. The van der Waals surface area contributed by atoms with Crippen LogP contribution in [0.4, 0.5) is 26.3 Å². The summed E-state index contributed by atoms with van der Waals surface area (Å²) in [7, 11) is 4.15. The smallest absolute Gasteiger partial charge is 0.748 e. The molecule has 176 valence electrons. The van der Waals surface area contributed by atoms with E-state index in [1.54, 1.807) is 0 Å². The van der Waals surface area contributed by atoms with E-state index in [4.69, 9.17) is 10.2 Å². The van der Waals surface area contributed by atoms with Crippen LogP contribution < -0.4 is 0 Å². The molecule has 2 N–H and O–H groups in total. The largest absolute Gasteiger partial charge is 2.00 e. The number of alkyl halides is 6. The van der Waals surface area contributed by atoms with Crippen LogP contribution in [-0.2, 0) is 47.1 Å². The molecule has 0 spiro atoms. The van der Waals surface area contributed by atoms with E-state index in [0.29, 0.717) is 0 Å². The van der Waals surface area contributed by atoms with Crippen LogP contribution in [-0.4, -0.2) is 53.8 Å². The summed E-state index contributed by atoms with van der Waals surface area (Å²) < 4.78 is 68.8. The first-order valence-electron chi connectivity index (χ1n) is 7.85. The molecule has 2 aromatic carbocycles. The summed E-state index contributed by atoms with van der Waals surface area (Å²) in [6.07, 6.45) is -18.4. The van der Waals surface area contributed by atoms with E-state index < -0.39 is 31.0 Å². The average molecular weight is 696 g/mol. The predicted octanol–water partition coefficient (Wildman–Crippen LogP) is 4.09. The first-order valence-corrected chi connectivity index (χ1v) is 7.85. The van der Waals surface area contributed by atoms with Crippen LogP contribution in [0.3, 0.4) is 0 Å². The van der Waals surface area contributed by atoms with Crippen molar-refractivity contribution in [3.8, 4) is 0 Å². The third kappa shape index (κ3) is 18.0. The summed E-state index contributed by atoms with van der Waals surface area (Å²) in [5, 5.41) is 16.3. The fourth-order valence-corrected chi connectivity index (χ4v) is 1.68. The van der Waals surface area contributed by atoms with Crippen molar-refractivity contribution in [3.63, 3.8) is 0 Å². The van der Waals surface area contributed by atoms with Gasteiger partial charge in [-0.3, -0.25) is 0 Å². The van der Waals surface area contributed by atoms with Crippen molar-refractivity contribution < 1.29 is 77.1 Å². The fourth-order valence-electron chi connectivity index (χ4n) is 1.68. The minimum Gasteiger partial charge on any atom is -0.748 e. The van der Waals surface area contributed by atoms with Gasteiger partial charge in [-0.05, 0) is 20.6 Å². The van der Waals surface area contributed by atoms with Gasteiger partial charge in [0.15, 0.2) is 12.2 Å². The minimum absolute atomic E-state index is 0. The van der Waals surface area contributed by atoms with Gasteiger partial charge in [0.05, 0.1) is 0 Å². The zero-order valence-electron chi connectivity index (χ0n) is 15.5. The van der Waals surface area contributed by atoms with Crippen molar-refractivity contribution >= 4 is 0 Å². The molecule has 0 fully saturated rings. The van der Waals surface area contributed by atoms with Gasteiger partial charge >= 0.3 is 33.4 Å². The Kier molecular flexibility index (Phi) is 18.5. The number of rotatable bonds is 4. The molecular formula is C18H23F6NO2PtRu-4. The summed E-state index contributed by atoms with van der Waals surface area (Å²) in [4.78, 5) is 2.16. The molecule has 2 aromatic rings. The summed E-state index contributed by atoms with van der Waals surface area (Å²) in [5.74, 6) is 0. The Hall–Kier alpha value is -0.528. The van der Waals surface area contributed by atoms with E-state index >= 15 is 0 Å². The van der Waals surface area contributed by atoms with Gasteiger partial charge < -0.3 is 45.4 Å². The van der Waals surface area contributed by atoms with Gasteiger partial charge in [0.25, 0.3) is 0 Å². The number of aliphatic hydroxyl groups excluding tert-OH is 2. The molecule has 0 amide bonds. The molecule has 0 radical (unpaired) electrons. The molecule has 11 heteroatoms. The van der Waals surface area contributed by atoms with Gasteiger partial charge in [-0.15, -0.1) is 0 Å². The van der Waals surface area contributed by atoms with Crippen LogP contribution in [0, 0.1) is 0 Å². The Morgan fingerprint density at radius 3 is 1.52 bits per heavy atom. The van der Waals surface area contributed by atoms with Crippen molar-refractivity contribution in [1.29, 1.82) is 0 Å². The van der Waals surface area contributed by atoms with Crippen molar-refractivity contribution in [2.45, 2.75) is 37.5 Å². The van der Waals surface area contributed by atoms with Gasteiger partial charge in [0.1, 0.15) is 0 Å². The summed E-state index contributed by atoms with van der Waals surface area (Å²) in [6, 6.07) is 18.4. The number of hydrogen-bond donors (Lipinski definition) is 2. The molecule has 0 heterocycles. The van der Waals surface area contributed by atoms with Gasteiger partial charge in [-0.2, -0.15) is 44.0 Å². The normalized spacial score (nSPS) is 12.9. The summed E-state index contributed by atoms with van der Waals surface area (Å²) in [5.41, 5.74) is 1.39. The molecule has 0 aliphatic carbocycles. The maximum atomic E-state index is 11.5.